The molecule has 0 spiro atoms. The van der Waals surface area contributed by atoms with Gasteiger partial charge in [0.15, 0.2) is 5.78 Å². The van der Waals surface area contributed by atoms with E-state index in [0.29, 0.717) is 4.90 Å². The molecule has 0 aliphatic heterocycles. The number of rotatable bonds is 4. The molecule has 0 fully saturated rings. The van der Waals surface area contributed by atoms with Crippen LogP contribution in [0.15, 0.2) is 41.0 Å². The molecular formula is C12H14O3S. The lowest BCUT2D eigenvalue weighted by Crippen LogP contribution is -2.02. The Morgan fingerprint density at radius 2 is 1.94 bits per heavy atom. The first-order chi connectivity index (χ1) is 7.49. The van der Waals surface area contributed by atoms with Crippen LogP contribution in [0.25, 0.3) is 0 Å². The fraction of sp³-hybridized carbons (Fsp3) is 0.250. The molecule has 0 bridgehead atoms. The average Bonchev–Trinajstić information content (AvgIpc) is 2.16. The molecule has 0 saturated heterocycles. The van der Waals surface area contributed by atoms with E-state index < -0.39 is 10.8 Å². The van der Waals surface area contributed by atoms with E-state index in [1.807, 2.05) is 19.1 Å². The molecule has 0 amide bonds. The van der Waals surface area contributed by atoms with Crippen molar-refractivity contribution >= 4 is 16.6 Å². The van der Waals surface area contributed by atoms with Gasteiger partial charge in [0, 0.05) is 11.0 Å². The fourth-order valence-electron chi connectivity index (χ4n) is 1.18. The van der Waals surface area contributed by atoms with Gasteiger partial charge in [-0.25, -0.2) is 0 Å². The molecule has 0 aliphatic rings. The molecule has 1 N–H and O–H groups in total. The number of aryl methyl sites for hydroxylation is 1. The van der Waals surface area contributed by atoms with Crippen molar-refractivity contribution in [3.05, 3.63) is 41.7 Å². The zero-order valence-corrected chi connectivity index (χ0v) is 10.1. The van der Waals surface area contributed by atoms with Gasteiger partial charge >= 0.3 is 0 Å². The Morgan fingerprint density at radius 3 is 2.44 bits per heavy atom. The van der Waals surface area contributed by atoms with Gasteiger partial charge in [0.2, 0.25) is 0 Å². The summed E-state index contributed by atoms with van der Waals surface area (Å²) >= 11 is 0. The lowest BCUT2D eigenvalue weighted by Gasteiger charge is -2.02. The van der Waals surface area contributed by atoms with E-state index >= 15 is 0 Å². The third-order valence-electron chi connectivity index (χ3n) is 1.93. The minimum absolute atomic E-state index is 0.0252. The van der Waals surface area contributed by atoms with Crippen molar-refractivity contribution in [2.45, 2.75) is 18.7 Å². The highest BCUT2D eigenvalue weighted by atomic mass is 32.2. The molecule has 1 aromatic carbocycles. The third-order valence-corrected chi connectivity index (χ3v) is 3.29. The predicted molar refractivity (Wildman–Crippen MR) is 63.8 cm³/mol. The molecule has 0 aromatic heterocycles. The largest absolute Gasteiger partial charge is 0.511 e. The summed E-state index contributed by atoms with van der Waals surface area (Å²) in [7, 11) is -1.31. The number of hydrogen-bond donors (Lipinski definition) is 1. The van der Waals surface area contributed by atoms with Gasteiger partial charge in [0.25, 0.3) is 0 Å². The molecule has 86 valence electrons. The molecule has 1 atom stereocenters. The maximum atomic E-state index is 11.7. The first-order valence-electron chi connectivity index (χ1n) is 4.84. The van der Waals surface area contributed by atoms with Crippen LogP contribution in [0.4, 0.5) is 0 Å². The molecule has 4 heteroatoms. The van der Waals surface area contributed by atoms with Crippen molar-refractivity contribution in [3.8, 4) is 0 Å². The fourth-order valence-corrected chi connectivity index (χ4v) is 2.14. The van der Waals surface area contributed by atoms with Crippen molar-refractivity contribution in [2.75, 3.05) is 5.75 Å². The third kappa shape index (κ3) is 3.98. The maximum absolute atomic E-state index is 11.7. The SMILES string of the molecule is CC(=O)/C=C(\O)CS(=O)c1ccc(C)cc1. The Bertz CT molecular complexity index is 432. The van der Waals surface area contributed by atoms with Gasteiger partial charge in [-0.15, -0.1) is 0 Å². The van der Waals surface area contributed by atoms with E-state index in [0.717, 1.165) is 11.6 Å². The summed E-state index contributed by atoms with van der Waals surface area (Å²) in [5.74, 6) is -0.423. The lowest BCUT2D eigenvalue weighted by atomic mass is 10.2. The molecule has 1 unspecified atom stereocenters. The molecule has 3 nitrogen and oxygen atoms in total. The molecule has 1 aromatic rings. The number of benzene rings is 1. The number of aliphatic hydroxyl groups is 1. The Labute approximate surface area is 97.3 Å². The van der Waals surface area contributed by atoms with Crippen LogP contribution in [0.5, 0.6) is 0 Å². The van der Waals surface area contributed by atoms with Crippen molar-refractivity contribution in [1.29, 1.82) is 0 Å². The normalized spacial score (nSPS) is 13.5. The second-order valence-electron chi connectivity index (χ2n) is 3.55. The van der Waals surface area contributed by atoms with Crippen LogP contribution in [-0.4, -0.2) is 20.9 Å². The number of carbonyl (C=O) groups excluding carboxylic acids is 1. The summed E-state index contributed by atoms with van der Waals surface area (Å²) in [5.41, 5.74) is 1.09. The summed E-state index contributed by atoms with van der Waals surface area (Å²) in [5, 5.41) is 9.35. The first-order valence-corrected chi connectivity index (χ1v) is 6.16. The summed E-state index contributed by atoms with van der Waals surface area (Å²) in [6.07, 6.45) is 1.09. The molecule has 1 rings (SSSR count). The minimum atomic E-state index is -1.31. The van der Waals surface area contributed by atoms with Crippen LogP contribution in [0.2, 0.25) is 0 Å². The quantitative estimate of drug-likeness (QED) is 0.646. The van der Waals surface area contributed by atoms with Crippen LogP contribution in [0.1, 0.15) is 12.5 Å². The monoisotopic (exact) mass is 238 g/mol. The number of aliphatic hydroxyl groups excluding tert-OH is 1. The van der Waals surface area contributed by atoms with Crippen LogP contribution in [0.3, 0.4) is 0 Å². The standard InChI is InChI=1S/C12H14O3S/c1-9-3-5-12(6-4-9)16(15)8-11(14)7-10(2)13/h3-7,14H,8H2,1-2H3/b11-7-. The van der Waals surface area contributed by atoms with E-state index in [4.69, 9.17) is 0 Å². The molecule has 0 aliphatic carbocycles. The van der Waals surface area contributed by atoms with Crippen molar-refractivity contribution in [1.82, 2.24) is 0 Å². The van der Waals surface area contributed by atoms with Crippen LogP contribution in [0, 0.1) is 6.92 Å². The summed E-state index contributed by atoms with van der Waals surface area (Å²) in [6, 6.07) is 7.23. The van der Waals surface area contributed by atoms with Crippen LogP contribution < -0.4 is 0 Å². The highest BCUT2D eigenvalue weighted by Gasteiger charge is 2.06. The Morgan fingerprint density at radius 1 is 1.38 bits per heavy atom. The highest BCUT2D eigenvalue weighted by molar-refractivity contribution is 7.85. The predicted octanol–water partition coefficient (Wildman–Crippen LogP) is 2.13. The van der Waals surface area contributed by atoms with Crippen molar-refractivity contribution < 1.29 is 14.1 Å². The van der Waals surface area contributed by atoms with Gasteiger partial charge in [-0.1, -0.05) is 17.7 Å². The summed E-state index contributed by atoms with van der Waals surface area (Å²) < 4.78 is 11.7. The second-order valence-corrected chi connectivity index (χ2v) is 5.00. The minimum Gasteiger partial charge on any atom is -0.511 e. The van der Waals surface area contributed by atoms with E-state index in [-0.39, 0.29) is 17.3 Å². The van der Waals surface area contributed by atoms with Crippen LogP contribution in [-0.2, 0) is 15.6 Å². The topological polar surface area (TPSA) is 54.4 Å². The van der Waals surface area contributed by atoms with E-state index in [2.05, 4.69) is 0 Å². The summed E-state index contributed by atoms with van der Waals surface area (Å²) in [4.78, 5) is 11.3. The van der Waals surface area contributed by atoms with E-state index in [9.17, 15) is 14.1 Å². The number of hydrogen-bond acceptors (Lipinski definition) is 3. The van der Waals surface area contributed by atoms with Crippen LogP contribution >= 0.6 is 0 Å². The molecule has 0 radical (unpaired) electrons. The van der Waals surface area contributed by atoms with Gasteiger partial charge in [-0.2, -0.15) is 0 Å². The van der Waals surface area contributed by atoms with Gasteiger partial charge in [0.05, 0.1) is 16.6 Å². The smallest absolute Gasteiger partial charge is 0.155 e. The Kier molecular flexibility index (Phi) is 4.43. The Balaban J connectivity index is 2.73. The van der Waals surface area contributed by atoms with E-state index in [1.165, 1.54) is 6.92 Å². The maximum Gasteiger partial charge on any atom is 0.155 e. The Hall–Kier alpha value is -1.42. The number of allylic oxidation sites excluding steroid dienone is 1. The van der Waals surface area contributed by atoms with Gasteiger partial charge in [0.1, 0.15) is 5.76 Å². The molecule has 16 heavy (non-hydrogen) atoms. The first kappa shape index (κ1) is 12.6. The molecule has 0 saturated carbocycles. The van der Waals surface area contributed by atoms with Gasteiger partial charge in [-0.3, -0.25) is 9.00 Å². The van der Waals surface area contributed by atoms with E-state index in [1.54, 1.807) is 12.1 Å². The zero-order chi connectivity index (χ0) is 12.1. The number of carbonyl (C=O) groups is 1. The highest BCUT2D eigenvalue weighted by Crippen LogP contribution is 2.10. The average molecular weight is 238 g/mol. The summed E-state index contributed by atoms with van der Waals surface area (Å²) in [6.45, 7) is 3.28. The van der Waals surface area contributed by atoms with Crippen molar-refractivity contribution in [3.63, 3.8) is 0 Å². The second kappa shape index (κ2) is 5.61. The molecular weight excluding hydrogens is 224 g/mol. The lowest BCUT2D eigenvalue weighted by molar-refractivity contribution is -0.112. The van der Waals surface area contributed by atoms with Crippen molar-refractivity contribution in [2.24, 2.45) is 0 Å². The zero-order valence-electron chi connectivity index (χ0n) is 9.27. The molecule has 0 heterocycles. The number of ketones is 1. The van der Waals surface area contributed by atoms with Gasteiger partial charge in [-0.05, 0) is 26.0 Å². The van der Waals surface area contributed by atoms with Gasteiger partial charge < -0.3 is 5.11 Å².